The van der Waals surface area contributed by atoms with Crippen LogP contribution in [0.4, 0.5) is 0 Å². The molecule has 0 saturated carbocycles. The summed E-state index contributed by atoms with van der Waals surface area (Å²) in [6, 6.07) is 0. The van der Waals surface area contributed by atoms with Gasteiger partial charge in [-0.3, -0.25) is 4.99 Å². The molecule has 1 aromatic heterocycles. The van der Waals surface area contributed by atoms with Gasteiger partial charge in [0.15, 0.2) is 0 Å². The van der Waals surface area contributed by atoms with Crippen LogP contribution in [0.2, 0.25) is 0 Å². The van der Waals surface area contributed by atoms with Crippen LogP contribution < -0.4 is 0 Å². The first-order valence-corrected chi connectivity index (χ1v) is 5.95. The highest BCUT2D eigenvalue weighted by molar-refractivity contribution is 8.12. The van der Waals surface area contributed by atoms with Gasteiger partial charge >= 0.3 is 0 Å². The Morgan fingerprint density at radius 2 is 2.58 bits per heavy atom. The monoisotopic (exact) mass is 218 g/mol. The molecule has 0 bridgehead atoms. The Bertz CT molecular complexity index is 286. The van der Waals surface area contributed by atoms with Crippen molar-refractivity contribution in [3.8, 4) is 0 Å². The van der Waals surface area contributed by atoms with E-state index in [-0.39, 0.29) is 5.54 Å². The molecule has 0 radical (unpaired) electrons. The van der Waals surface area contributed by atoms with Crippen molar-refractivity contribution in [3.63, 3.8) is 0 Å². The third-order valence-corrected chi connectivity index (χ3v) is 4.06. The summed E-state index contributed by atoms with van der Waals surface area (Å²) in [5.74, 6) is 1.44. The topological polar surface area (TPSA) is 25.2 Å². The van der Waals surface area contributed by atoms with Crippen molar-refractivity contribution >= 4 is 40.2 Å². The van der Waals surface area contributed by atoms with E-state index < -0.39 is 0 Å². The van der Waals surface area contributed by atoms with Crippen LogP contribution in [0, 0.1) is 0 Å². The molecule has 0 amide bonds. The second-order valence-electron chi connectivity index (χ2n) is 2.55. The molecule has 0 aromatic carbocycles. The highest BCUT2D eigenvalue weighted by atomic mass is 35.5. The van der Waals surface area contributed by atoms with Gasteiger partial charge in [0.25, 0.3) is 0 Å². The Kier molecular flexibility index (Phi) is 2.39. The maximum atomic E-state index is 5.90. The van der Waals surface area contributed by atoms with Gasteiger partial charge in [-0.1, -0.05) is 0 Å². The summed E-state index contributed by atoms with van der Waals surface area (Å²) in [6.45, 7) is 0. The van der Waals surface area contributed by atoms with Crippen LogP contribution in [0.1, 0.15) is 5.01 Å². The van der Waals surface area contributed by atoms with E-state index in [0.717, 1.165) is 10.8 Å². The van der Waals surface area contributed by atoms with E-state index in [1.54, 1.807) is 29.3 Å². The van der Waals surface area contributed by atoms with E-state index in [0.29, 0.717) is 5.88 Å². The molecule has 64 valence electrons. The lowest BCUT2D eigenvalue weighted by atomic mass is 10.1. The van der Waals surface area contributed by atoms with E-state index in [1.807, 2.05) is 10.9 Å². The quantitative estimate of drug-likeness (QED) is 0.713. The normalized spacial score (nSPS) is 28.1. The van der Waals surface area contributed by atoms with Gasteiger partial charge in [0.1, 0.15) is 10.5 Å². The second-order valence-corrected chi connectivity index (χ2v) is 4.54. The molecule has 2 heterocycles. The van der Waals surface area contributed by atoms with Crippen molar-refractivity contribution in [2.24, 2.45) is 4.99 Å². The Morgan fingerprint density at radius 1 is 1.67 bits per heavy atom. The van der Waals surface area contributed by atoms with Gasteiger partial charge in [0.05, 0.1) is 11.4 Å². The predicted molar refractivity (Wildman–Crippen MR) is 55.5 cm³/mol. The molecule has 2 rings (SSSR count). The summed E-state index contributed by atoms with van der Waals surface area (Å²) >= 11 is 9.21. The number of nitrogens with zero attached hydrogens (tertiary/aromatic N) is 2. The number of aliphatic imine (C=N–C) groups is 1. The van der Waals surface area contributed by atoms with Gasteiger partial charge in [-0.15, -0.1) is 34.7 Å². The smallest absolute Gasteiger partial charge is 0.135 e. The Morgan fingerprint density at radius 3 is 3.08 bits per heavy atom. The standard InChI is InChI=1S/C7H7ClN2S2/c8-3-7(4-11-5-10-7)6-9-1-2-12-6/h1-2,5H,3-4H2. The van der Waals surface area contributed by atoms with Crippen LogP contribution in [0.3, 0.4) is 0 Å². The van der Waals surface area contributed by atoms with Crippen LogP contribution in [-0.4, -0.2) is 22.2 Å². The Hall–Kier alpha value is -0.0600. The molecule has 1 aliphatic rings. The van der Waals surface area contributed by atoms with Gasteiger partial charge in [0, 0.05) is 17.3 Å². The molecule has 1 aromatic rings. The molecular weight excluding hydrogens is 212 g/mol. The molecular formula is C7H7ClN2S2. The largest absolute Gasteiger partial charge is 0.270 e. The number of thioether (sulfide) groups is 1. The first-order valence-electron chi connectivity index (χ1n) is 3.49. The maximum absolute atomic E-state index is 5.90. The van der Waals surface area contributed by atoms with Gasteiger partial charge in [-0.2, -0.15) is 0 Å². The number of halogens is 1. The number of thiazole rings is 1. The number of rotatable bonds is 2. The number of alkyl halides is 1. The fourth-order valence-electron chi connectivity index (χ4n) is 1.05. The van der Waals surface area contributed by atoms with Gasteiger partial charge in [-0.25, -0.2) is 4.98 Å². The molecule has 1 aliphatic heterocycles. The average molecular weight is 219 g/mol. The molecule has 0 spiro atoms. The highest BCUT2D eigenvalue weighted by Gasteiger charge is 2.35. The molecule has 0 N–H and O–H groups in total. The Balaban J connectivity index is 2.35. The van der Waals surface area contributed by atoms with E-state index in [9.17, 15) is 0 Å². The molecule has 1 unspecified atom stereocenters. The number of aromatic nitrogens is 1. The fraction of sp³-hybridized carbons (Fsp3) is 0.429. The summed E-state index contributed by atoms with van der Waals surface area (Å²) < 4.78 is 0. The van der Waals surface area contributed by atoms with Crippen LogP contribution in [-0.2, 0) is 5.54 Å². The molecule has 1 atom stereocenters. The Labute approximate surface area is 84.1 Å². The lowest BCUT2D eigenvalue weighted by molar-refractivity contribution is 0.584. The molecule has 2 nitrogen and oxygen atoms in total. The van der Waals surface area contributed by atoms with Gasteiger partial charge in [-0.05, 0) is 0 Å². The molecule has 0 fully saturated rings. The average Bonchev–Trinajstić information content (AvgIpc) is 2.76. The number of hydrogen-bond donors (Lipinski definition) is 0. The predicted octanol–water partition coefficient (Wildman–Crippen LogP) is 2.35. The third kappa shape index (κ3) is 1.28. The molecule has 0 saturated heterocycles. The number of hydrogen-bond acceptors (Lipinski definition) is 4. The maximum Gasteiger partial charge on any atom is 0.135 e. The minimum absolute atomic E-state index is 0.236. The highest BCUT2D eigenvalue weighted by Crippen LogP contribution is 2.36. The van der Waals surface area contributed by atoms with E-state index in [2.05, 4.69) is 9.98 Å². The lowest BCUT2D eigenvalue weighted by Crippen LogP contribution is -2.25. The third-order valence-electron chi connectivity index (χ3n) is 1.75. The molecule has 12 heavy (non-hydrogen) atoms. The van der Waals surface area contributed by atoms with Crippen LogP contribution in [0.15, 0.2) is 16.6 Å². The summed E-state index contributed by atoms with van der Waals surface area (Å²) in [4.78, 5) is 8.63. The van der Waals surface area contributed by atoms with Gasteiger partial charge < -0.3 is 0 Å². The summed E-state index contributed by atoms with van der Waals surface area (Å²) in [5, 5.41) is 2.99. The zero-order valence-corrected chi connectivity index (χ0v) is 8.62. The minimum atomic E-state index is -0.236. The van der Waals surface area contributed by atoms with Crippen molar-refractivity contribution in [3.05, 3.63) is 16.6 Å². The van der Waals surface area contributed by atoms with Crippen molar-refractivity contribution in [1.82, 2.24) is 4.98 Å². The van der Waals surface area contributed by atoms with Crippen molar-refractivity contribution in [1.29, 1.82) is 0 Å². The minimum Gasteiger partial charge on any atom is -0.270 e. The zero-order chi connectivity index (χ0) is 8.44. The van der Waals surface area contributed by atoms with Gasteiger partial charge in [0.2, 0.25) is 0 Å². The summed E-state index contributed by atoms with van der Waals surface area (Å²) in [6.07, 6.45) is 1.80. The van der Waals surface area contributed by atoms with Crippen LogP contribution in [0.5, 0.6) is 0 Å². The molecule has 0 aliphatic carbocycles. The van der Waals surface area contributed by atoms with Crippen molar-refractivity contribution in [2.45, 2.75) is 5.54 Å². The van der Waals surface area contributed by atoms with Crippen molar-refractivity contribution < 1.29 is 0 Å². The van der Waals surface area contributed by atoms with Crippen LogP contribution >= 0.6 is 34.7 Å². The first kappa shape index (κ1) is 8.53. The van der Waals surface area contributed by atoms with E-state index in [4.69, 9.17) is 11.6 Å². The first-order chi connectivity index (χ1) is 5.87. The summed E-state index contributed by atoms with van der Waals surface area (Å²) in [5.41, 5.74) is 1.63. The van der Waals surface area contributed by atoms with E-state index in [1.165, 1.54) is 0 Å². The zero-order valence-electron chi connectivity index (χ0n) is 6.24. The molecule has 5 heteroatoms. The summed E-state index contributed by atoms with van der Waals surface area (Å²) in [7, 11) is 0. The van der Waals surface area contributed by atoms with E-state index >= 15 is 0 Å². The SMILES string of the molecule is ClCC1(c2nccs2)CSC=N1. The fourth-order valence-corrected chi connectivity index (χ4v) is 3.35. The lowest BCUT2D eigenvalue weighted by Gasteiger charge is -2.18. The van der Waals surface area contributed by atoms with Crippen LogP contribution in [0.25, 0.3) is 0 Å². The second kappa shape index (κ2) is 3.36. The van der Waals surface area contributed by atoms with Crippen molar-refractivity contribution in [2.75, 3.05) is 11.6 Å².